The number of amides is 1. The molecule has 9 heteroatoms. The molecule has 0 saturated carbocycles. The largest absolute Gasteiger partial charge is 0.468 e. The van der Waals surface area contributed by atoms with Crippen LogP contribution in [0.25, 0.3) is 11.3 Å². The van der Waals surface area contributed by atoms with Gasteiger partial charge in [0.05, 0.1) is 24.2 Å². The summed E-state index contributed by atoms with van der Waals surface area (Å²) in [6, 6.07) is 7.64. The van der Waals surface area contributed by atoms with Crippen molar-refractivity contribution in [2.45, 2.75) is 13.0 Å². The van der Waals surface area contributed by atoms with Gasteiger partial charge in [-0.25, -0.2) is 4.39 Å². The van der Waals surface area contributed by atoms with E-state index in [9.17, 15) is 9.18 Å². The third-order valence-corrected chi connectivity index (χ3v) is 5.68. The Morgan fingerprint density at radius 3 is 2.67 bits per heavy atom. The van der Waals surface area contributed by atoms with Crippen molar-refractivity contribution in [3.8, 4) is 17.1 Å². The average molecular weight is 412 g/mol. The quantitative estimate of drug-likeness (QED) is 0.641. The number of likely N-dealkylation sites (tertiary alicyclic amines) is 1. The lowest BCUT2D eigenvalue weighted by Crippen LogP contribution is -2.67. The summed E-state index contributed by atoms with van der Waals surface area (Å²) in [4.78, 5) is 14.6. The van der Waals surface area contributed by atoms with Crippen molar-refractivity contribution in [3.63, 3.8) is 0 Å². The molecular formula is C21H21FN4O4. The van der Waals surface area contributed by atoms with Crippen LogP contribution in [0.1, 0.15) is 29.1 Å². The molecule has 2 aliphatic rings. The van der Waals surface area contributed by atoms with Crippen molar-refractivity contribution in [2.75, 3.05) is 26.3 Å². The summed E-state index contributed by atoms with van der Waals surface area (Å²) >= 11 is 0. The normalized spacial score (nSPS) is 18.0. The van der Waals surface area contributed by atoms with E-state index in [0.717, 1.165) is 18.8 Å². The molecule has 2 fully saturated rings. The third kappa shape index (κ3) is 3.15. The van der Waals surface area contributed by atoms with Crippen LogP contribution in [0.3, 0.4) is 0 Å². The number of benzene rings is 1. The smallest absolute Gasteiger partial charge is 0.272 e. The van der Waals surface area contributed by atoms with Crippen molar-refractivity contribution >= 4 is 5.91 Å². The van der Waals surface area contributed by atoms with Crippen LogP contribution in [0, 0.1) is 11.2 Å². The summed E-state index contributed by atoms with van der Waals surface area (Å²) in [6.45, 7) is 4.72. The summed E-state index contributed by atoms with van der Waals surface area (Å²) in [5.41, 5.74) is 2.63. The maximum atomic E-state index is 13.2. The van der Waals surface area contributed by atoms with Gasteiger partial charge in [-0.3, -0.25) is 9.48 Å². The van der Waals surface area contributed by atoms with Crippen LogP contribution >= 0.6 is 0 Å². The molecular weight excluding hydrogens is 391 g/mol. The molecule has 156 valence electrons. The Labute approximate surface area is 172 Å². The van der Waals surface area contributed by atoms with E-state index in [1.54, 1.807) is 30.1 Å². The molecule has 2 aliphatic heterocycles. The van der Waals surface area contributed by atoms with Gasteiger partial charge in [-0.15, -0.1) is 5.10 Å². The number of carbonyl (C=O) groups excluding carboxylic acids is 1. The lowest BCUT2D eigenvalue weighted by Gasteiger charge is -2.54. The predicted molar refractivity (Wildman–Crippen MR) is 103 cm³/mol. The minimum Gasteiger partial charge on any atom is -0.468 e. The lowest BCUT2D eigenvalue weighted by atomic mass is 9.78. The molecule has 3 aromatic rings. The average Bonchev–Trinajstić information content (AvgIpc) is 3.26. The zero-order valence-corrected chi connectivity index (χ0v) is 16.7. The molecule has 0 bridgehead atoms. The highest BCUT2D eigenvalue weighted by Gasteiger charge is 2.51. The number of halogens is 1. The topological polar surface area (TPSA) is 82.6 Å². The van der Waals surface area contributed by atoms with Gasteiger partial charge in [-0.1, -0.05) is 5.16 Å². The summed E-state index contributed by atoms with van der Waals surface area (Å²) in [5.74, 6) is -0.0550. The van der Waals surface area contributed by atoms with Crippen LogP contribution in [-0.4, -0.2) is 52.0 Å². The molecule has 1 amide bonds. The van der Waals surface area contributed by atoms with Crippen LogP contribution in [0.15, 0.2) is 41.1 Å². The Morgan fingerprint density at radius 1 is 1.27 bits per heavy atom. The number of rotatable bonds is 5. The minimum atomic E-state index is -0.437. The molecule has 2 saturated heterocycles. The monoisotopic (exact) mass is 412 g/mol. The third-order valence-electron chi connectivity index (χ3n) is 5.68. The first-order valence-electron chi connectivity index (χ1n) is 9.72. The number of ether oxygens (including phenoxy) is 2. The first-order chi connectivity index (χ1) is 14.4. The molecule has 1 spiro atoms. The molecule has 0 N–H and O–H groups in total. The van der Waals surface area contributed by atoms with Crippen LogP contribution in [0.2, 0.25) is 0 Å². The van der Waals surface area contributed by atoms with Gasteiger partial charge in [0.15, 0.2) is 0 Å². The Kier molecular flexibility index (Phi) is 4.35. The highest BCUT2D eigenvalue weighted by molar-refractivity contribution is 5.93. The van der Waals surface area contributed by atoms with E-state index < -0.39 is 6.10 Å². The molecule has 2 aromatic heterocycles. The predicted octanol–water partition coefficient (Wildman–Crippen LogP) is 2.83. The van der Waals surface area contributed by atoms with Crippen LogP contribution in [-0.2, 0) is 11.8 Å². The lowest BCUT2D eigenvalue weighted by molar-refractivity contribution is -0.176. The van der Waals surface area contributed by atoms with Gasteiger partial charge < -0.3 is 18.9 Å². The number of aromatic nitrogens is 3. The maximum Gasteiger partial charge on any atom is 0.272 e. The van der Waals surface area contributed by atoms with E-state index in [4.69, 9.17) is 14.0 Å². The van der Waals surface area contributed by atoms with Crippen LogP contribution < -0.4 is 4.74 Å². The van der Waals surface area contributed by atoms with E-state index in [1.165, 1.54) is 23.1 Å². The second-order valence-corrected chi connectivity index (χ2v) is 8.03. The maximum absolute atomic E-state index is 13.2. The van der Waals surface area contributed by atoms with Gasteiger partial charge in [0.25, 0.3) is 5.91 Å². The molecule has 4 heterocycles. The highest BCUT2D eigenvalue weighted by atomic mass is 19.1. The summed E-state index contributed by atoms with van der Waals surface area (Å²) < 4.78 is 31.1. The second kappa shape index (κ2) is 6.94. The van der Waals surface area contributed by atoms with Gasteiger partial charge in [-0.05, 0) is 31.2 Å². The van der Waals surface area contributed by atoms with E-state index in [2.05, 4.69) is 10.3 Å². The zero-order valence-electron chi connectivity index (χ0n) is 16.7. The molecule has 1 aromatic carbocycles. The summed E-state index contributed by atoms with van der Waals surface area (Å²) in [6.07, 6.45) is 1.06. The Morgan fingerprint density at radius 2 is 2.00 bits per heavy atom. The van der Waals surface area contributed by atoms with Crippen molar-refractivity contribution in [2.24, 2.45) is 12.5 Å². The van der Waals surface area contributed by atoms with E-state index in [1.807, 2.05) is 6.92 Å². The van der Waals surface area contributed by atoms with Crippen molar-refractivity contribution in [1.82, 2.24) is 19.8 Å². The first-order valence-corrected chi connectivity index (χ1v) is 9.72. The number of aryl methyl sites for hydroxylation is 1. The van der Waals surface area contributed by atoms with Crippen molar-refractivity contribution < 1.29 is 23.2 Å². The molecule has 0 radical (unpaired) electrons. The SMILES string of the molecule is CC(Oc1cc(C(=O)N2CC3(COC3)C2)n(C)n1)c1conc1-c1ccc(F)cc1. The van der Waals surface area contributed by atoms with Gasteiger partial charge in [-0.2, -0.15) is 0 Å². The Hall–Kier alpha value is -3.20. The molecule has 1 atom stereocenters. The zero-order chi connectivity index (χ0) is 20.9. The fourth-order valence-corrected chi connectivity index (χ4v) is 3.95. The molecule has 5 rings (SSSR count). The molecule has 1 unspecified atom stereocenters. The van der Waals surface area contributed by atoms with Gasteiger partial charge >= 0.3 is 0 Å². The van der Waals surface area contributed by atoms with Gasteiger partial charge in [0.2, 0.25) is 5.88 Å². The van der Waals surface area contributed by atoms with Crippen molar-refractivity contribution in [1.29, 1.82) is 0 Å². The highest BCUT2D eigenvalue weighted by Crippen LogP contribution is 2.38. The molecule has 0 aliphatic carbocycles. The second-order valence-electron chi connectivity index (χ2n) is 8.03. The number of hydrogen-bond donors (Lipinski definition) is 0. The molecule has 30 heavy (non-hydrogen) atoms. The fourth-order valence-electron chi connectivity index (χ4n) is 3.95. The fraction of sp³-hybridized carbons (Fsp3) is 0.381. The van der Waals surface area contributed by atoms with E-state index in [-0.39, 0.29) is 17.1 Å². The van der Waals surface area contributed by atoms with Gasteiger partial charge in [0, 0.05) is 31.8 Å². The van der Waals surface area contributed by atoms with Crippen molar-refractivity contribution in [3.05, 3.63) is 53.7 Å². The van der Waals surface area contributed by atoms with E-state index in [0.29, 0.717) is 35.9 Å². The van der Waals surface area contributed by atoms with Crippen LogP contribution in [0.5, 0.6) is 5.88 Å². The summed E-state index contributed by atoms with van der Waals surface area (Å²) in [5, 5.41) is 8.35. The standard InChI is InChI=1S/C21H21FN4O4/c1-13(16-8-29-24-19(16)14-3-5-15(22)6-4-14)30-18-7-17(25(2)23-18)20(27)26-9-21(10-26)11-28-12-21/h3-8,13H,9-12H2,1-2H3. The number of nitrogens with zero attached hydrogens (tertiary/aromatic N) is 4. The van der Waals surface area contributed by atoms with Crippen LogP contribution in [0.4, 0.5) is 4.39 Å². The van der Waals surface area contributed by atoms with E-state index >= 15 is 0 Å². The number of carbonyl (C=O) groups is 1. The Bertz CT molecular complexity index is 1080. The first kappa shape index (κ1) is 18.8. The summed E-state index contributed by atoms with van der Waals surface area (Å²) in [7, 11) is 1.72. The van der Waals surface area contributed by atoms with Gasteiger partial charge in [0.1, 0.15) is 29.6 Å². The number of hydrogen-bond acceptors (Lipinski definition) is 6. The Balaban J connectivity index is 1.30. The molecule has 8 nitrogen and oxygen atoms in total. The minimum absolute atomic E-state index is 0.0676.